The minimum Gasteiger partial charge on any atom is -0.314 e. The second-order valence-corrected chi connectivity index (χ2v) is 9.04. The van der Waals surface area contributed by atoms with Crippen LogP contribution in [0.3, 0.4) is 0 Å². The molecule has 0 unspecified atom stereocenters. The maximum atomic E-state index is 12.7. The molecule has 0 aromatic heterocycles. The first kappa shape index (κ1) is 15.7. The van der Waals surface area contributed by atoms with Crippen LogP contribution in [-0.2, 0) is 10.2 Å². The third kappa shape index (κ3) is 3.97. The van der Waals surface area contributed by atoms with Gasteiger partial charge >= 0.3 is 0 Å². The van der Waals surface area contributed by atoms with Crippen molar-refractivity contribution in [1.29, 1.82) is 0 Å². The monoisotopic (exact) mass is 315 g/mol. The van der Waals surface area contributed by atoms with Crippen molar-refractivity contribution in [3.8, 4) is 0 Å². The van der Waals surface area contributed by atoms with Crippen LogP contribution < -0.4 is 5.32 Å². The predicted molar refractivity (Wildman–Crippen MR) is 84.2 cm³/mol. The van der Waals surface area contributed by atoms with Crippen LogP contribution in [0, 0.1) is 11.8 Å². The predicted octanol–water partition coefficient (Wildman–Crippen LogP) is 1.43. The highest BCUT2D eigenvalue weighted by molar-refractivity contribution is 7.86. The third-order valence-electron chi connectivity index (χ3n) is 5.24. The van der Waals surface area contributed by atoms with Gasteiger partial charge in [-0.05, 0) is 56.9 Å². The molecule has 0 spiro atoms. The van der Waals surface area contributed by atoms with E-state index in [0.717, 1.165) is 38.1 Å². The molecular formula is C15H29N3O2S. The third-order valence-corrected chi connectivity index (χ3v) is 7.28. The molecule has 3 fully saturated rings. The number of rotatable bonds is 5. The van der Waals surface area contributed by atoms with Crippen molar-refractivity contribution in [1.82, 2.24) is 13.9 Å². The first-order valence-electron chi connectivity index (χ1n) is 8.54. The van der Waals surface area contributed by atoms with E-state index >= 15 is 0 Å². The molecule has 3 aliphatic rings. The Morgan fingerprint density at radius 3 is 1.95 bits per heavy atom. The van der Waals surface area contributed by atoms with Crippen LogP contribution in [0.5, 0.6) is 0 Å². The van der Waals surface area contributed by atoms with Crippen molar-refractivity contribution in [2.24, 2.45) is 11.8 Å². The van der Waals surface area contributed by atoms with E-state index in [2.05, 4.69) is 12.2 Å². The molecule has 1 saturated carbocycles. The van der Waals surface area contributed by atoms with Gasteiger partial charge in [-0.3, -0.25) is 0 Å². The van der Waals surface area contributed by atoms with E-state index in [1.54, 1.807) is 8.61 Å². The molecule has 0 aromatic rings. The van der Waals surface area contributed by atoms with E-state index in [9.17, 15) is 8.42 Å². The van der Waals surface area contributed by atoms with E-state index < -0.39 is 10.2 Å². The fourth-order valence-corrected chi connectivity index (χ4v) is 5.00. The Morgan fingerprint density at radius 2 is 1.43 bits per heavy atom. The normalized spacial score (nSPS) is 28.0. The molecule has 1 N–H and O–H groups in total. The average molecular weight is 315 g/mol. The molecule has 2 saturated heterocycles. The Bertz CT molecular complexity index is 434. The largest absolute Gasteiger partial charge is 0.314 e. The van der Waals surface area contributed by atoms with E-state index in [0.29, 0.717) is 38.1 Å². The molecule has 0 atom stereocenters. The Hall–Kier alpha value is -0.170. The van der Waals surface area contributed by atoms with Gasteiger partial charge in [0.15, 0.2) is 0 Å². The molecule has 21 heavy (non-hydrogen) atoms. The summed E-state index contributed by atoms with van der Waals surface area (Å²) < 4.78 is 28.7. The van der Waals surface area contributed by atoms with Crippen molar-refractivity contribution in [3.63, 3.8) is 0 Å². The van der Waals surface area contributed by atoms with Gasteiger partial charge < -0.3 is 5.32 Å². The first-order valence-corrected chi connectivity index (χ1v) is 9.94. The number of piperidine rings is 2. The summed E-state index contributed by atoms with van der Waals surface area (Å²) in [6, 6.07) is 0.512. The van der Waals surface area contributed by atoms with Crippen LogP contribution in [0.15, 0.2) is 0 Å². The van der Waals surface area contributed by atoms with E-state index in [1.165, 1.54) is 12.8 Å². The summed E-state index contributed by atoms with van der Waals surface area (Å²) in [6.07, 6.45) is 6.64. The van der Waals surface area contributed by atoms with Crippen molar-refractivity contribution >= 4 is 10.2 Å². The summed E-state index contributed by atoms with van der Waals surface area (Å²) in [6.45, 7) is 6.09. The van der Waals surface area contributed by atoms with Crippen LogP contribution in [-0.4, -0.2) is 55.8 Å². The van der Waals surface area contributed by atoms with Gasteiger partial charge in [0, 0.05) is 32.2 Å². The molecule has 0 bridgehead atoms. The van der Waals surface area contributed by atoms with Crippen LogP contribution in [0.2, 0.25) is 0 Å². The fourth-order valence-electron chi connectivity index (χ4n) is 3.32. The zero-order valence-electron chi connectivity index (χ0n) is 13.1. The number of hydrogen-bond donors (Lipinski definition) is 1. The standard InChI is InChI=1S/C15H29N3O2S/c1-13-4-8-17(9-5-13)21(19,20)18-10-6-15(7-11-18)16-12-14-2-3-14/h13-16H,2-12H2,1H3. The molecule has 0 radical (unpaired) electrons. The Labute approximate surface area is 129 Å². The summed E-state index contributed by atoms with van der Waals surface area (Å²) in [4.78, 5) is 0. The fraction of sp³-hybridized carbons (Fsp3) is 1.00. The molecule has 2 heterocycles. The van der Waals surface area contributed by atoms with Crippen LogP contribution in [0.1, 0.15) is 45.4 Å². The second-order valence-electron chi connectivity index (χ2n) is 7.11. The maximum absolute atomic E-state index is 12.7. The quantitative estimate of drug-likeness (QED) is 0.835. The molecule has 3 rings (SSSR count). The van der Waals surface area contributed by atoms with Gasteiger partial charge in [-0.2, -0.15) is 17.0 Å². The second kappa shape index (κ2) is 6.52. The lowest BCUT2D eigenvalue weighted by atomic mass is 10.0. The minimum atomic E-state index is -3.21. The van der Waals surface area contributed by atoms with E-state index in [4.69, 9.17) is 0 Å². The lowest BCUT2D eigenvalue weighted by Gasteiger charge is -2.37. The van der Waals surface area contributed by atoms with Crippen LogP contribution in [0.4, 0.5) is 0 Å². The van der Waals surface area contributed by atoms with Gasteiger partial charge in [0.25, 0.3) is 10.2 Å². The van der Waals surface area contributed by atoms with Crippen molar-refractivity contribution in [2.75, 3.05) is 32.7 Å². The van der Waals surface area contributed by atoms with Crippen molar-refractivity contribution in [3.05, 3.63) is 0 Å². The summed E-state index contributed by atoms with van der Waals surface area (Å²) in [7, 11) is -3.21. The zero-order valence-corrected chi connectivity index (χ0v) is 13.9. The molecule has 5 nitrogen and oxygen atoms in total. The maximum Gasteiger partial charge on any atom is 0.281 e. The van der Waals surface area contributed by atoms with Gasteiger partial charge in [0.05, 0.1) is 0 Å². The van der Waals surface area contributed by atoms with Gasteiger partial charge in [-0.25, -0.2) is 0 Å². The molecule has 0 amide bonds. The smallest absolute Gasteiger partial charge is 0.281 e. The van der Waals surface area contributed by atoms with Gasteiger partial charge in [0.2, 0.25) is 0 Å². The molecule has 6 heteroatoms. The molecule has 0 aromatic carbocycles. The number of nitrogens with zero attached hydrogens (tertiary/aromatic N) is 2. The molecule has 2 aliphatic heterocycles. The molecule has 122 valence electrons. The Balaban J connectivity index is 1.48. The first-order chi connectivity index (χ1) is 10.1. The topological polar surface area (TPSA) is 52.7 Å². The minimum absolute atomic E-state index is 0.512. The lowest BCUT2D eigenvalue weighted by Crippen LogP contribution is -2.51. The summed E-state index contributed by atoms with van der Waals surface area (Å²) in [5.41, 5.74) is 0. The van der Waals surface area contributed by atoms with Crippen LogP contribution >= 0.6 is 0 Å². The highest BCUT2D eigenvalue weighted by Crippen LogP contribution is 2.28. The van der Waals surface area contributed by atoms with E-state index in [-0.39, 0.29) is 0 Å². The SMILES string of the molecule is CC1CCN(S(=O)(=O)N2CCC(NCC3CC3)CC2)CC1. The Morgan fingerprint density at radius 1 is 0.905 bits per heavy atom. The van der Waals surface area contributed by atoms with Gasteiger partial charge in [-0.15, -0.1) is 0 Å². The summed E-state index contributed by atoms with van der Waals surface area (Å²) in [5.74, 6) is 1.55. The van der Waals surface area contributed by atoms with Gasteiger partial charge in [0.1, 0.15) is 0 Å². The molecular weight excluding hydrogens is 286 g/mol. The van der Waals surface area contributed by atoms with Gasteiger partial charge in [-0.1, -0.05) is 6.92 Å². The number of nitrogens with one attached hydrogen (secondary N) is 1. The average Bonchev–Trinajstić information content (AvgIpc) is 3.30. The highest BCUT2D eigenvalue weighted by Gasteiger charge is 2.34. The molecule has 1 aliphatic carbocycles. The van der Waals surface area contributed by atoms with E-state index in [1.807, 2.05) is 0 Å². The lowest BCUT2D eigenvalue weighted by molar-refractivity contribution is 0.238. The highest BCUT2D eigenvalue weighted by atomic mass is 32.2. The Kier molecular flexibility index (Phi) is 4.88. The summed E-state index contributed by atoms with van der Waals surface area (Å²) in [5, 5.41) is 3.61. The van der Waals surface area contributed by atoms with Crippen molar-refractivity contribution < 1.29 is 8.42 Å². The summed E-state index contributed by atoms with van der Waals surface area (Å²) >= 11 is 0. The number of hydrogen-bond acceptors (Lipinski definition) is 3. The zero-order chi connectivity index (χ0) is 14.9. The van der Waals surface area contributed by atoms with Crippen molar-refractivity contribution in [2.45, 2.75) is 51.5 Å². The van der Waals surface area contributed by atoms with Crippen LogP contribution in [0.25, 0.3) is 0 Å².